The molecule has 2 unspecified atom stereocenters. The van der Waals surface area contributed by atoms with Crippen molar-refractivity contribution in [3.8, 4) is 0 Å². The van der Waals surface area contributed by atoms with Crippen LogP contribution in [0, 0.1) is 5.92 Å². The highest BCUT2D eigenvalue weighted by molar-refractivity contribution is 4.54. The van der Waals surface area contributed by atoms with Crippen molar-refractivity contribution in [3.63, 3.8) is 0 Å². The van der Waals surface area contributed by atoms with Crippen LogP contribution in [0.4, 0.5) is 0 Å². The number of hydrogen-bond donors (Lipinski definition) is 2. The second kappa shape index (κ2) is 19.2. The highest BCUT2D eigenvalue weighted by atomic mass is 16.5. The molecule has 24 heavy (non-hydrogen) atoms. The molecular formula is C21H44O3. The molecule has 0 amide bonds. The predicted molar refractivity (Wildman–Crippen MR) is 103 cm³/mol. The lowest BCUT2D eigenvalue weighted by atomic mass is 9.98. The van der Waals surface area contributed by atoms with E-state index < -0.39 is 6.10 Å². The molecule has 3 nitrogen and oxygen atoms in total. The Morgan fingerprint density at radius 1 is 0.750 bits per heavy atom. The van der Waals surface area contributed by atoms with Crippen molar-refractivity contribution in [2.45, 2.75) is 110 Å². The van der Waals surface area contributed by atoms with E-state index in [9.17, 15) is 0 Å². The van der Waals surface area contributed by atoms with E-state index in [1.54, 1.807) is 0 Å². The van der Waals surface area contributed by atoms with Gasteiger partial charge in [-0.3, -0.25) is 0 Å². The van der Waals surface area contributed by atoms with Gasteiger partial charge in [0.25, 0.3) is 0 Å². The number of aliphatic hydroxyl groups is 2. The quantitative estimate of drug-likeness (QED) is 0.305. The zero-order valence-corrected chi connectivity index (χ0v) is 16.5. The zero-order valence-electron chi connectivity index (χ0n) is 16.5. The van der Waals surface area contributed by atoms with Gasteiger partial charge in [-0.25, -0.2) is 0 Å². The summed E-state index contributed by atoms with van der Waals surface area (Å²) in [6, 6.07) is 0. The monoisotopic (exact) mass is 344 g/mol. The van der Waals surface area contributed by atoms with Crippen molar-refractivity contribution in [1.82, 2.24) is 0 Å². The fraction of sp³-hybridized carbons (Fsp3) is 1.00. The van der Waals surface area contributed by atoms with E-state index >= 15 is 0 Å². The maximum atomic E-state index is 9.12. The van der Waals surface area contributed by atoms with E-state index in [-0.39, 0.29) is 13.2 Å². The van der Waals surface area contributed by atoms with Gasteiger partial charge in [-0.2, -0.15) is 0 Å². The molecule has 0 saturated heterocycles. The third-order valence-corrected chi connectivity index (χ3v) is 4.79. The molecule has 0 aliphatic carbocycles. The third-order valence-electron chi connectivity index (χ3n) is 4.79. The molecule has 3 heteroatoms. The minimum absolute atomic E-state index is 0.210. The lowest BCUT2D eigenvalue weighted by Gasteiger charge is -2.09. The molecule has 0 aromatic rings. The first-order valence-corrected chi connectivity index (χ1v) is 10.6. The average molecular weight is 345 g/mol. The predicted octanol–water partition coefficient (Wildman–Crippen LogP) is 5.47. The first-order chi connectivity index (χ1) is 11.7. The molecule has 0 saturated carbocycles. The van der Waals surface area contributed by atoms with Gasteiger partial charge in [0.15, 0.2) is 0 Å². The highest BCUT2D eigenvalue weighted by Crippen LogP contribution is 2.16. The fourth-order valence-electron chi connectivity index (χ4n) is 3.20. The summed E-state index contributed by atoms with van der Waals surface area (Å²) < 4.78 is 5.30. The van der Waals surface area contributed by atoms with Gasteiger partial charge in [0.05, 0.1) is 13.2 Å². The van der Waals surface area contributed by atoms with Crippen molar-refractivity contribution >= 4 is 0 Å². The lowest BCUT2D eigenvalue weighted by molar-refractivity contribution is 0.00526. The van der Waals surface area contributed by atoms with Crippen LogP contribution in [0.2, 0.25) is 0 Å². The zero-order chi connectivity index (χ0) is 17.9. The maximum absolute atomic E-state index is 9.12. The molecule has 0 radical (unpaired) electrons. The third kappa shape index (κ3) is 18.2. The molecule has 0 spiro atoms. The minimum Gasteiger partial charge on any atom is -0.394 e. The molecule has 2 atom stereocenters. The van der Waals surface area contributed by atoms with E-state index in [0.29, 0.717) is 6.61 Å². The van der Waals surface area contributed by atoms with Gasteiger partial charge in [0, 0.05) is 6.61 Å². The van der Waals surface area contributed by atoms with Crippen LogP contribution in [0.25, 0.3) is 0 Å². The maximum Gasteiger partial charge on any atom is 0.100 e. The number of unbranched alkanes of at least 4 members (excludes halogenated alkanes) is 10. The Kier molecular flexibility index (Phi) is 19.1. The molecule has 0 aliphatic heterocycles. The summed E-state index contributed by atoms with van der Waals surface area (Å²) in [6.07, 6.45) is 18.2. The van der Waals surface area contributed by atoms with E-state index in [0.717, 1.165) is 12.3 Å². The van der Waals surface area contributed by atoms with E-state index in [1.165, 1.54) is 83.5 Å². The van der Waals surface area contributed by atoms with Crippen LogP contribution in [0.15, 0.2) is 0 Å². The van der Waals surface area contributed by atoms with Crippen LogP contribution in [-0.4, -0.2) is 36.1 Å². The summed E-state index contributed by atoms with van der Waals surface area (Å²) >= 11 is 0. The fourth-order valence-corrected chi connectivity index (χ4v) is 3.20. The van der Waals surface area contributed by atoms with Crippen molar-refractivity contribution in [2.24, 2.45) is 5.92 Å². The van der Waals surface area contributed by atoms with Gasteiger partial charge >= 0.3 is 0 Å². The standard InChI is InChI=1S/C21H44O3/c1-3-15-20(2)16-13-11-9-7-5-4-6-8-10-12-14-17-24-19-21(23)18-22/h20-23H,3-19H2,1-2H3. The molecule has 0 bridgehead atoms. The largest absolute Gasteiger partial charge is 0.394 e. The van der Waals surface area contributed by atoms with E-state index in [2.05, 4.69) is 13.8 Å². The topological polar surface area (TPSA) is 49.7 Å². The van der Waals surface area contributed by atoms with Crippen molar-refractivity contribution < 1.29 is 14.9 Å². The second-order valence-electron chi connectivity index (χ2n) is 7.48. The van der Waals surface area contributed by atoms with Gasteiger partial charge in [-0.15, -0.1) is 0 Å². The molecule has 0 aromatic carbocycles. The molecule has 0 heterocycles. The van der Waals surface area contributed by atoms with Crippen molar-refractivity contribution in [1.29, 1.82) is 0 Å². The van der Waals surface area contributed by atoms with E-state index in [4.69, 9.17) is 14.9 Å². The average Bonchev–Trinajstić information content (AvgIpc) is 2.58. The SMILES string of the molecule is CCCC(C)CCCCCCCCCCCCCOCC(O)CO. The Morgan fingerprint density at radius 3 is 1.75 bits per heavy atom. The highest BCUT2D eigenvalue weighted by Gasteiger charge is 2.01. The molecule has 2 N–H and O–H groups in total. The smallest absolute Gasteiger partial charge is 0.100 e. The summed E-state index contributed by atoms with van der Waals surface area (Å²) in [5.74, 6) is 0.931. The van der Waals surface area contributed by atoms with Crippen LogP contribution in [0.1, 0.15) is 104 Å². The molecule has 146 valence electrons. The Morgan fingerprint density at radius 2 is 1.25 bits per heavy atom. The van der Waals surface area contributed by atoms with Crippen LogP contribution in [0.3, 0.4) is 0 Å². The lowest BCUT2D eigenvalue weighted by Crippen LogP contribution is -2.19. The Labute approximate surface area is 151 Å². The molecule has 0 aliphatic rings. The summed E-state index contributed by atoms with van der Waals surface area (Å²) in [6.45, 7) is 5.43. The first-order valence-electron chi connectivity index (χ1n) is 10.6. The van der Waals surface area contributed by atoms with Crippen LogP contribution in [-0.2, 0) is 4.74 Å². The van der Waals surface area contributed by atoms with Gasteiger partial charge in [0.1, 0.15) is 6.10 Å². The summed E-state index contributed by atoms with van der Waals surface area (Å²) in [5, 5.41) is 17.8. The Balaban J connectivity index is 3.05. The summed E-state index contributed by atoms with van der Waals surface area (Å²) in [7, 11) is 0. The summed E-state index contributed by atoms with van der Waals surface area (Å²) in [5.41, 5.74) is 0. The van der Waals surface area contributed by atoms with Crippen LogP contribution in [0.5, 0.6) is 0 Å². The van der Waals surface area contributed by atoms with Gasteiger partial charge in [-0.1, -0.05) is 97.3 Å². The molecular weight excluding hydrogens is 300 g/mol. The van der Waals surface area contributed by atoms with Crippen molar-refractivity contribution in [3.05, 3.63) is 0 Å². The number of aliphatic hydroxyl groups excluding tert-OH is 2. The normalized spacial score (nSPS) is 14.0. The van der Waals surface area contributed by atoms with Gasteiger partial charge in [-0.05, 0) is 12.3 Å². The molecule has 0 rings (SSSR count). The minimum atomic E-state index is -0.718. The first kappa shape index (κ1) is 23.9. The van der Waals surface area contributed by atoms with Crippen LogP contribution < -0.4 is 0 Å². The number of rotatable bonds is 19. The van der Waals surface area contributed by atoms with E-state index in [1.807, 2.05) is 0 Å². The number of ether oxygens (including phenoxy) is 1. The molecule has 0 aromatic heterocycles. The Bertz CT molecular complexity index is 233. The summed E-state index contributed by atoms with van der Waals surface area (Å²) in [4.78, 5) is 0. The van der Waals surface area contributed by atoms with Crippen LogP contribution >= 0.6 is 0 Å². The number of hydrogen-bond acceptors (Lipinski definition) is 3. The van der Waals surface area contributed by atoms with Crippen molar-refractivity contribution in [2.75, 3.05) is 19.8 Å². The van der Waals surface area contributed by atoms with Gasteiger partial charge < -0.3 is 14.9 Å². The molecule has 0 fully saturated rings. The van der Waals surface area contributed by atoms with Gasteiger partial charge in [0.2, 0.25) is 0 Å². The Hall–Kier alpha value is -0.120. The second-order valence-corrected chi connectivity index (χ2v) is 7.48.